The van der Waals surface area contributed by atoms with Gasteiger partial charge in [0.05, 0.1) is 0 Å². The van der Waals surface area contributed by atoms with Gasteiger partial charge in [0.15, 0.2) is 0 Å². The van der Waals surface area contributed by atoms with E-state index in [4.69, 9.17) is 9.84 Å². The molecule has 0 aliphatic carbocycles. The van der Waals surface area contributed by atoms with Crippen LogP contribution in [0.2, 0.25) is 0 Å². The number of aliphatic carboxylic acids is 1. The van der Waals surface area contributed by atoms with Crippen molar-refractivity contribution in [2.24, 2.45) is 0 Å². The first-order valence-electron chi connectivity index (χ1n) is 4.48. The topological polar surface area (TPSA) is 78.9 Å². The highest BCUT2D eigenvalue weighted by atomic mass is 16.5. The zero-order valence-corrected chi connectivity index (χ0v) is 7.86. The van der Waals surface area contributed by atoms with Crippen LogP contribution in [0.25, 0.3) is 0 Å². The highest BCUT2D eigenvalue weighted by molar-refractivity contribution is 5.78. The van der Waals surface area contributed by atoms with Gasteiger partial charge in [0, 0.05) is 26.2 Å². The first kappa shape index (κ1) is 10.9. The predicted octanol–water partition coefficient (Wildman–Crippen LogP) is -1.48. The summed E-state index contributed by atoms with van der Waals surface area (Å²) in [5, 5.41) is 11.4. The lowest BCUT2D eigenvalue weighted by atomic mass is 10.3. The summed E-state index contributed by atoms with van der Waals surface area (Å²) in [5.74, 6) is -1.20. The van der Waals surface area contributed by atoms with E-state index in [9.17, 15) is 9.59 Å². The molecule has 0 bridgehead atoms. The number of hydrogen-bond acceptors (Lipinski definition) is 4. The zero-order chi connectivity index (χ0) is 10.4. The van der Waals surface area contributed by atoms with Gasteiger partial charge in [-0.2, -0.15) is 0 Å². The quantitative estimate of drug-likeness (QED) is 0.581. The molecule has 1 aliphatic heterocycles. The molecular weight excluding hydrogens is 188 g/mol. The smallest absolute Gasteiger partial charge is 0.329 e. The monoisotopic (exact) mass is 202 g/mol. The van der Waals surface area contributed by atoms with Crippen LogP contribution in [0.5, 0.6) is 0 Å². The summed E-state index contributed by atoms with van der Waals surface area (Å²) < 4.78 is 4.70. The molecule has 1 heterocycles. The Morgan fingerprint density at radius 3 is 2.50 bits per heavy atom. The number of carbonyl (C=O) groups is 2. The van der Waals surface area contributed by atoms with Crippen molar-refractivity contribution >= 4 is 11.9 Å². The van der Waals surface area contributed by atoms with E-state index in [1.165, 1.54) is 0 Å². The third-order valence-electron chi connectivity index (χ3n) is 1.92. The fourth-order valence-corrected chi connectivity index (χ4v) is 1.23. The van der Waals surface area contributed by atoms with Crippen molar-refractivity contribution < 1.29 is 19.4 Å². The maximum atomic E-state index is 11.4. The van der Waals surface area contributed by atoms with Gasteiger partial charge in [0.1, 0.15) is 13.2 Å². The van der Waals surface area contributed by atoms with Crippen LogP contribution in [0, 0.1) is 0 Å². The van der Waals surface area contributed by atoms with E-state index >= 15 is 0 Å². The maximum Gasteiger partial charge on any atom is 0.329 e. The summed E-state index contributed by atoms with van der Waals surface area (Å²) in [6.45, 7) is 2.32. The van der Waals surface area contributed by atoms with E-state index < -0.39 is 12.6 Å². The molecule has 1 rings (SSSR count). The second-order valence-corrected chi connectivity index (χ2v) is 3.02. The van der Waals surface area contributed by atoms with Crippen molar-refractivity contribution in [3.8, 4) is 0 Å². The number of hydrogen-bond donors (Lipinski definition) is 2. The van der Waals surface area contributed by atoms with E-state index in [1.54, 1.807) is 4.90 Å². The molecule has 0 aromatic rings. The standard InChI is InChI=1S/C8H14N2O4/c11-7(5-14-6-8(12)13)10-3-1-9-2-4-10/h9H,1-6H2,(H,12,13). The van der Waals surface area contributed by atoms with E-state index in [0.29, 0.717) is 13.1 Å². The molecular formula is C8H14N2O4. The number of nitrogens with one attached hydrogen (secondary N) is 1. The van der Waals surface area contributed by atoms with Crippen molar-refractivity contribution in [3.63, 3.8) is 0 Å². The van der Waals surface area contributed by atoms with Gasteiger partial charge in [-0.05, 0) is 0 Å². The maximum absolute atomic E-state index is 11.4. The molecule has 0 atom stereocenters. The van der Waals surface area contributed by atoms with Crippen molar-refractivity contribution in [1.29, 1.82) is 0 Å². The van der Waals surface area contributed by atoms with Crippen LogP contribution in [0.15, 0.2) is 0 Å². The normalized spacial score (nSPS) is 16.7. The summed E-state index contributed by atoms with van der Waals surface area (Å²) >= 11 is 0. The molecule has 0 saturated carbocycles. The summed E-state index contributed by atoms with van der Waals surface area (Å²) in [4.78, 5) is 23.1. The van der Waals surface area contributed by atoms with Crippen LogP contribution in [-0.2, 0) is 14.3 Å². The third kappa shape index (κ3) is 3.71. The Bertz CT molecular complexity index is 213. The third-order valence-corrected chi connectivity index (χ3v) is 1.92. The average molecular weight is 202 g/mol. The molecule has 1 fully saturated rings. The number of nitrogens with zero attached hydrogens (tertiary/aromatic N) is 1. The van der Waals surface area contributed by atoms with E-state index in [-0.39, 0.29) is 12.5 Å². The molecule has 1 amide bonds. The van der Waals surface area contributed by atoms with Crippen molar-refractivity contribution in [2.75, 3.05) is 39.4 Å². The Balaban J connectivity index is 2.16. The molecule has 1 saturated heterocycles. The number of amides is 1. The highest BCUT2D eigenvalue weighted by Gasteiger charge is 2.15. The van der Waals surface area contributed by atoms with Crippen LogP contribution >= 0.6 is 0 Å². The fourth-order valence-electron chi connectivity index (χ4n) is 1.23. The van der Waals surface area contributed by atoms with Crippen molar-refractivity contribution in [1.82, 2.24) is 10.2 Å². The molecule has 0 aromatic heterocycles. The average Bonchev–Trinajstić information content (AvgIpc) is 2.18. The lowest BCUT2D eigenvalue weighted by molar-refractivity contribution is -0.146. The fraction of sp³-hybridized carbons (Fsp3) is 0.750. The van der Waals surface area contributed by atoms with E-state index in [0.717, 1.165) is 13.1 Å². The number of carboxylic acids is 1. The lowest BCUT2D eigenvalue weighted by Gasteiger charge is -2.27. The molecule has 0 spiro atoms. The minimum Gasteiger partial charge on any atom is -0.480 e. The van der Waals surface area contributed by atoms with Crippen LogP contribution in [0.3, 0.4) is 0 Å². The number of piperazine rings is 1. The molecule has 1 aliphatic rings. The van der Waals surface area contributed by atoms with E-state index in [1.807, 2.05) is 0 Å². The van der Waals surface area contributed by atoms with Crippen LogP contribution in [0.1, 0.15) is 0 Å². The first-order valence-corrected chi connectivity index (χ1v) is 4.48. The predicted molar refractivity (Wildman–Crippen MR) is 47.9 cm³/mol. The molecule has 0 unspecified atom stereocenters. The molecule has 6 nitrogen and oxygen atoms in total. The Morgan fingerprint density at radius 2 is 1.93 bits per heavy atom. The molecule has 6 heteroatoms. The van der Waals surface area contributed by atoms with Crippen LogP contribution in [-0.4, -0.2) is 61.3 Å². The highest BCUT2D eigenvalue weighted by Crippen LogP contribution is 1.93. The van der Waals surface area contributed by atoms with Gasteiger partial charge in [-0.25, -0.2) is 4.79 Å². The van der Waals surface area contributed by atoms with Gasteiger partial charge < -0.3 is 20.1 Å². The summed E-state index contributed by atoms with van der Waals surface area (Å²) in [6.07, 6.45) is 0. The largest absolute Gasteiger partial charge is 0.480 e. The molecule has 0 aromatic carbocycles. The summed E-state index contributed by atoms with van der Waals surface area (Å²) in [7, 11) is 0. The number of ether oxygens (including phenoxy) is 1. The van der Waals surface area contributed by atoms with E-state index in [2.05, 4.69) is 5.32 Å². The minimum atomic E-state index is -1.06. The second-order valence-electron chi connectivity index (χ2n) is 3.02. The summed E-state index contributed by atoms with van der Waals surface area (Å²) in [5.41, 5.74) is 0. The first-order chi connectivity index (χ1) is 6.70. The number of carboxylic acid groups (broad SMARTS) is 1. The molecule has 14 heavy (non-hydrogen) atoms. The molecule has 0 radical (unpaired) electrons. The van der Waals surface area contributed by atoms with Crippen LogP contribution < -0.4 is 5.32 Å². The van der Waals surface area contributed by atoms with Crippen molar-refractivity contribution in [3.05, 3.63) is 0 Å². The van der Waals surface area contributed by atoms with Gasteiger partial charge in [-0.3, -0.25) is 4.79 Å². The number of rotatable bonds is 4. The Kier molecular flexibility index (Phi) is 4.34. The SMILES string of the molecule is O=C(O)COCC(=O)N1CCNCC1. The Labute approximate surface area is 81.8 Å². The van der Waals surface area contributed by atoms with Gasteiger partial charge >= 0.3 is 5.97 Å². The Morgan fingerprint density at radius 1 is 1.29 bits per heavy atom. The number of carbonyl (C=O) groups excluding carboxylic acids is 1. The van der Waals surface area contributed by atoms with Crippen molar-refractivity contribution in [2.45, 2.75) is 0 Å². The molecule has 2 N–H and O–H groups in total. The second kappa shape index (κ2) is 5.56. The van der Waals surface area contributed by atoms with Gasteiger partial charge in [-0.15, -0.1) is 0 Å². The molecule has 80 valence electrons. The van der Waals surface area contributed by atoms with Gasteiger partial charge in [0.25, 0.3) is 0 Å². The zero-order valence-electron chi connectivity index (χ0n) is 7.86. The summed E-state index contributed by atoms with van der Waals surface area (Å²) in [6, 6.07) is 0. The minimum absolute atomic E-state index is 0.146. The Hall–Kier alpha value is -1.14. The lowest BCUT2D eigenvalue weighted by Crippen LogP contribution is -2.47. The van der Waals surface area contributed by atoms with Crippen LogP contribution in [0.4, 0.5) is 0 Å². The van der Waals surface area contributed by atoms with Gasteiger partial charge in [-0.1, -0.05) is 0 Å². The van der Waals surface area contributed by atoms with Gasteiger partial charge in [0.2, 0.25) is 5.91 Å².